The number of thiol groups is 1. The summed E-state index contributed by atoms with van der Waals surface area (Å²) in [7, 11) is 0. The monoisotopic (exact) mass is 120 g/mol. The van der Waals surface area contributed by atoms with Crippen molar-refractivity contribution >= 4 is 12.6 Å². The zero-order chi connectivity index (χ0) is 5.86. The summed E-state index contributed by atoms with van der Waals surface area (Å²) >= 11 is 3.99. The number of aliphatic hydroxyl groups excluding tert-OH is 1. The lowest BCUT2D eigenvalue weighted by atomic mass is 10.1. The maximum Gasteiger partial charge on any atom is 0.0545 e. The van der Waals surface area contributed by atoms with Crippen molar-refractivity contribution in [2.24, 2.45) is 5.92 Å². The second kappa shape index (κ2) is 3.33. The molecule has 0 saturated heterocycles. The number of rotatable bonds is 2. The zero-order valence-electron chi connectivity index (χ0n) is 4.76. The van der Waals surface area contributed by atoms with Gasteiger partial charge in [-0.05, 0) is 18.6 Å². The molecule has 2 atom stereocenters. The molecule has 0 radical (unpaired) electrons. The van der Waals surface area contributed by atoms with Gasteiger partial charge in [0.1, 0.15) is 0 Å². The largest absolute Gasteiger partial charge is 0.393 e. The van der Waals surface area contributed by atoms with E-state index in [1.54, 1.807) is 6.92 Å². The second-order valence-electron chi connectivity index (χ2n) is 1.90. The first kappa shape index (κ1) is 7.31. The number of hydrogen-bond donors (Lipinski definition) is 2. The van der Waals surface area contributed by atoms with Gasteiger partial charge in [-0.25, -0.2) is 0 Å². The van der Waals surface area contributed by atoms with Crippen LogP contribution in [0.4, 0.5) is 0 Å². The van der Waals surface area contributed by atoms with Crippen molar-refractivity contribution in [3.05, 3.63) is 0 Å². The highest BCUT2D eigenvalue weighted by Gasteiger charge is 2.03. The van der Waals surface area contributed by atoms with Gasteiger partial charge in [-0.15, -0.1) is 0 Å². The third-order valence-corrected chi connectivity index (χ3v) is 1.69. The van der Waals surface area contributed by atoms with Crippen molar-refractivity contribution in [2.45, 2.75) is 20.0 Å². The van der Waals surface area contributed by atoms with Crippen molar-refractivity contribution < 1.29 is 5.11 Å². The Bertz CT molecular complexity index is 45.3. The lowest BCUT2D eigenvalue weighted by molar-refractivity contribution is 0.147. The van der Waals surface area contributed by atoms with E-state index in [4.69, 9.17) is 5.11 Å². The van der Waals surface area contributed by atoms with E-state index in [9.17, 15) is 0 Å². The normalized spacial score (nSPS) is 18.9. The summed E-state index contributed by atoms with van der Waals surface area (Å²) in [5, 5.41) is 8.77. The van der Waals surface area contributed by atoms with E-state index in [-0.39, 0.29) is 6.10 Å². The van der Waals surface area contributed by atoms with Gasteiger partial charge in [0.05, 0.1) is 6.10 Å². The van der Waals surface area contributed by atoms with Gasteiger partial charge < -0.3 is 5.11 Å². The molecule has 1 nitrogen and oxygen atoms in total. The van der Waals surface area contributed by atoms with Crippen LogP contribution in [0.2, 0.25) is 0 Å². The molecule has 0 bridgehead atoms. The highest BCUT2D eigenvalue weighted by molar-refractivity contribution is 7.80. The minimum atomic E-state index is -0.211. The van der Waals surface area contributed by atoms with Crippen LogP contribution in [0.5, 0.6) is 0 Å². The lowest BCUT2D eigenvalue weighted by Gasteiger charge is -2.09. The quantitative estimate of drug-likeness (QED) is 0.519. The summed E-state index contributed by atoms with van der Waals surface area (Å²) in [5.74, 6) is 1.08. The lowest BCUT2D eigenvalue weighted by Crippen LogP contribution is -2.13. The molecular weight excluding hydrogens is 108 g/mol. The first-order valence-electron chi connectivity index (χ1n) is 2.47. The Morgan fingerprint density at radius 2 is 2.00 bits per heavy atom. The summed E-state index contributed by atoms with van der Waals surface area (Å²) in [6.07, 6.45) is -0.211. The third kappa shape index (κ3) is 2.94. The molecule has 2 heteroatoms. The van der Waals surface area contributed by atoms with Crippen LogP contribution in [0.1, 0.15) is 13.8 Å². The summed E-state index contributed by atoms with van der Waals surface area (Å²) in [4.78, 5) is 0. The highest BCUT2D eigenvalue weighted by Crippen LogP contribution is 2.02. The number of aliphatic hydroxyl groups is 1. The van der Waals surface area contributed by atoms with Crippen LogP contribution in [-0.2, 0) is 0 Å². The summed E-state index contributed by atoms with van der Waals surface area (Å²) in [6, 6.07) is 0. The van der Waals surface area contributed by atoms with Crippen molar-refractivity contribution in [3.8, 4) is 0 Å². The molecule has 0 aliphatic heterocycles. The Morgan fingerprint density at radius 3 is 2.00 bits per heavy atom. The van der Waals surface area contributed by atoms with Crippen molar-refractivity contribution in [3.63, 3.8) is 0 Å². The molecule has 0 amide bonds. The topological polar surface area (TPSA) is 20.2 Å². The first-order valence-corrected chi connectivity index (χ1v) is 3.10. The maximum absolute atomic E-state index is 8.77. The van der Waals surface area contributed by atoms with E-state index >= 15 is 0 Å². The van der Waals surface area contributed by atoms with Crippen LogP contribution in [0.15, 0.2) is 0 Å². The smallest absolute Gasteiger partial charge is 0.0545 e. The molecule has 1 N–H and O–H groups in total. The van der Waals surface area contributed by atoms with E-state index in [0.29, 0.717) is 5.92 Å². The minimum absolute atomic E-state index is 0.211. The van der Waals surface area contributed by atoms with Crippen LogP contribution in [0, 0.1) is 5.92 Å². The molecule has 0 aromatic rings. The molecule has 0 aromatic heterocycles. The van der Waals surface area contributed by atoms with Gasteiger partial charge in [0.15, 0.2) is 0 Å². The summed E-state index contributed by atoms with van der Waals surface area (Å²) in [6.45, 7) is 3.75. The number of hydrogen-bond acceptors (Lipinski definition) is 2. The average molecular weight is 120 g/mol. The Balaban J connectivity index is 3.14. The van der Waals surface area contributed by atoms with Crippen LogP contribution < -0.4 is 0 Å². The van der Waals surface area contributed by atoms with Crippen LogP contribution in [0.25, 0.3) is 0 Å². The summed E-state index contributed by atoms with van der Waals surface area (Å²) in [5.41, 5.74) is 0. The fourth-order valence-electron chi connectivity index (χ4n) is 0.153. The van der Waals surface area contributed by atoms with E-state index in [1.165, 1.54) is 0 Å². The van der Waals surface area contributed by atoms with E-state index in [2.05, 4.69) is 12.6 Å². The molecule has 0 aromatic carbocycles. The van der Waals surface area contributed by atoms with Gasteiger partial charge in [-0.3, -0.25) is 0 Å². The Labute approximate surface area is 50.1 Å². The van der Waals surface area contributed by atoms with Crippen molar-refractivity contribution in [1.82, 2.24) is 0 Å². The molecule has 2 unspecified atom stereocenters. The maximum atomic E-state index is 8.77. The SMILES string of the molecule is CC(O)C(C)CS. The predicted octanol–water partition coefficient (Wildman–Crippen LogP) is 0.933. The van der Waals surface area contributed by atoms with Gasteiger partial charge >= 0.3 is 0 Å². The average Bonchev–Trinajstić information content (AvgIpc) is 1.65. The molecule has 7 heavy (non-hydrogen) atoms. The van der Waals surface area contributed by atoms with Gasteiger partial charge in [0.2, 0.25) is 0 Å². The zero-order valence-corrected chi connectivity index (χ0v) is 5.65. The molecule has 0 fully saturated rings. The van der Waals surface area contributed by atoms with Gasteiger partial charge in [0, 0.05) is 0 Å². The first-order chi connectivity index (χ1) is 3.18. The fourth-order valence-corrected chi connectivity index (χ4v) is 0.458. The standard InChI is InChI=1S/C5H12OS/c1-4(3-7)5(2)6/h4-7H,3H2,1-2H3. The van der Waals surface area contributed by atoms with E-state index in [0.717, 1.165) is 5.75 Å². The Kier molecular flexibility index (Phi) is 3.48. The highest BCUT2D eigenvalue weighted by atomic mass is 32.1. The fraction of sp³-hybridized carbons (Fsp3) is 1.00. The Hall–Kier alpha value is 0.310. The molecule has 0 saturated carbocycles. The van der Waals surface area contributed by atoms with Gasteiger partial charge in [-0.2, -0.15) is 12.6 Å². The van der Waals surface area contributed by atoms with E-state index in [1.807, 2.05) is 6.92 Å². The Morgan fingerprint density at radius 1 is 1.57 bits per heavy atom. The minimum Gasteiger partial charge on any atom is -0.393 e. The van der Waals surface area contributed by atoms with Crippen molar-refractivity contribution in [1.29, 1.82) is 0 Å². The molecule has 0 aliphatic carbocycles. The van der Waals surface area contributed by atoms with Crippen molar-refractivity contribution in [2.75, 3.05) is 5.75 Å². The van der Waals surface area contributed by atoms with Gasteiger partial charge in [0.25, 0.3) is 0 Å². The van der Waals surface area contributed by atoms with Crippen LogP contribution in [-0.4, -0.2) is 17.0 Å². The second-order valence-corrected chi connectivity index (χ2v) is 2.27. The predicted molar refractivity (Wildman–Crippen MR) is 34.7 cm³/mol. The molecule has 0 spiro atoms. The molecular formula is C5H12OS. The molecule has 44 valence electrons. The molecule has 0 heterocycles. The van der Waals surface area contributed by atoms with Crippen LogP contribution >= 0.6 is 12.6 Å². The summed E-state index contributed by atoms with van der Waals surface area (Å²) < 4.78 is 0. The van der Waals surface area contributed by atoms with Gasteiger partial charge in [-0.1, -0.05) is 6.92 Å². The van der Waals surface area contributed by atoms with Crippen LogP contribution in [0.3, 0.4) is 0 Å². The molecule has 0 rings (SSSR count). The molecule has 0 aliphatic rings. The van der Waals surface area contributed by atoms with E-state index < -0.39 is 0 Å². The third-order valence-electron chi connectivity index (χ3n) is 1.11.